The molecule has 132 valence electrons. The lowest BCUT2D eigenvalue weighted by atomic mass is 9.74. The van der Waals surface area contributed by atoms with Gasteiger partial charge in [0, 0.05) is 12.6 Å². The molecule has 24 heavy (non-hydrogen) atoms. The molecule has 3 atom stereocenters. The highest BCUT2D eigenvalue weighted by Crippen LogP contribution is 2.40. The van der Waals surface area contributed by atoms with Crippen LogP contribution in [0, 0.1) is 11.8 Å². The number of esters is 1. The highest BCUT2D eigenvalue weighted by Gasteiger charge is 2.59. The average Bonchev–Trinajstić information content (AvgIpc) is 2.58. The number of rotatable bonds is 7. The number of hydrogen-bond acceptors (Lipinski definition) is 5. The van der Waals surface area contributed by atoms with Crippen molar-refractivity contribution in [3.05, 3.63) is 23.8 Å². The molecule has 1 heterocycles. The Morgan fingerprint density at radius 1 is 1.29 bits per heavy atom. The Labute approximate surface area is 142 Å². The van der Waals surface area contributed by atoms with E-state index in [1.807, 2.05) is 26.0 Å². The van der Waals surface area contributed by atoms with Crippen LogP contribution in [0.1, 0.15) is 32.8 Å². The van der Waals surface area contributed by atoms with Gasteiger partial charge in [0.15, 0.2) is 0 Å². The molecule has 0 unspecified atom stereocenters. The van der Waals surface area contributed by atoms with E-state index >= 15 is 0 Å². The Morgan fingerprint density at radius 3 is 2.33 bits per heavy atom. The minimum Gasteiger partial charge on any atom is -0.497 e. The molecule has 1 aromatic carbocycles. The van der Waals surface area contributed by atoms with Crippen LogP contribution in [0.4, 0.5) is 0 Å². The zero-order valence-electron chi connectivity index (χ0n) is 14.8. The van der Waals surface area contributed by atoms with E-state index in [0.717, 1.165) is 12.0 Å². The molecule has 0 spiro atoms. The SMILES string of the molecule is CC[C@H](C)[C@@H]1C(=O)O[C@]1(C)C(=O)NCc1cc(OC)cc(OC)c1. The summed E-state index contributed by atoms with van der Waals surface area (Å²) in [4.78, 5) is 24.3. The lowest BCUT2D eigenvalue weighted by Gasteiger charge is -2.46. The summed E-state index contributed by atoms with van der Waals surface area (Å²) in [7, 11) is 3.14. The van der Waals surface area contributed by atoms with Crippen molar-refractivity contribution in [1.29, 1.82) is 0 Å². The van der Waals surface area contributed by atoms with Crippen molar-refractivity contribution in [2.24, 2.45) is 11.8 Å². The summed E-state index contributed by atoms with van der Waals surface area (Å²) in [5, 5.41) is 2.85. The summed E-state index contributed by atoms with van der Waals surface area (Å²) in [6, 6.07) is 5.41. The Bertz CT molecular complexity index is 608. The molecule has 6 heteroatoms. The molecular formula is C18H25NO5. The molecule has 0 radical (unpaired) electrons. The topological polar surface area (TPSA) is 73.9 Å². The van der Waals surface area contributed by atoms with Gasteiger partial charge in [-0.3, -0.25) is 9.59 Å². The fraction of sp³-hybridized carbons (Fsp3) is 0.556. The van der Waals surface area contributed by atoms with E-state index in [0.29, 0.717) is 18.0 Å². The number of hydrogen-bond donors (Lipinski definition) is 1. The molecule has 0 aromatic heterocycles. The summed E-state index contributed by atoms with van der Waals surface area (Å²) in [6.07, 6.45) is 0.815. The number of ether oxygens (including phenoxy) is 3. The molecule has 2 rings (SSSR count). The van der Waals surface area contributed by atoms with Crippen molar-refractivity contribution in [1.82, 2.24) is 5.32 Å². The van der Waals surface area contributed by atoms with E-state index in [1.54, 1.807) is 27.2 Å². The van der Waals surface area contributed by atoms with E-state index in [4.69, 9.17) is 14.2 Å². The molecule has 1 N–H and O–H groups in total. The summed E-state index contributed by atoms with van der Waals surface area (Å²) in [6.45, 7) is 5.93. The number of amides is 1. The summed E-state index contributed by atoms with van der Waals surface area (Å²) >= 11 is 0. The Hall–Kier alpha value is -2.24. The monoisotopic (exact) mass is 335 g/mol. The lowest BCUT2D eigenvalue weighted by Crippen LogP contribution is -2.65. The number of carbonyl (C=O) groups excluding carboxylic acids is 2. The third-order valence-corrected chi connectivity index (χ3v) is 4.69. The third-order valence-electron chi connectivity index (χ3n) is 4.69. The first kappa shape index (κ1) is 18.1. The number of methoxy groups -OCH3 is 2. The molecular weight excluding hydrogens is 310 g/mol. The molecule has 1 fully saturated rings. The first-order chi connectivity index (χ1) is 11.3. The maximum atomic E-state index is 12.6. The Kier molecular flexibility index (Phi) is 5.36. The molecule has 1 amide bonds. The first-order valence-electron chi connectivity index (χ1n) is 8.08. The number of benzene rings is 1. The second-order valence-corrected chi connectivity index (χ2v) is 6.29. The fourth-order valence-corrected chi connectivity index (χ4v) is 3.03. The van der Waals surface area contributed by atoms with Gasteiger partial charge in [-0.05, 0) is 30.5 Å². The van der Waals surface area contributed by atoms with Crippen LogP contribution in [-0.4, -0.2) is 31.7 Å². The van der Waals surface area contributed by atoms with Gasteiger partial charge in [-0.25, -0.2) is 0 Å². The first-order valence-corrected chi connectivity index (χ1v) is 8.08. The van der Waals surface area contributed by atoms with Crippen molar-refractivity contribution < 1.29 is 23.8 Å². The molecule has 0 aliphatic carbocycles. The molecule has 0 bridgehead atoms. The third kappa shape index (κ3) is 3.32. The molecule has 1 aliphatic rings. The van der Waals surface area contributed by atoms with E-state index < -0.39 is 11.5 Å². The average molecular weight is 335 g/mol. The largest absolute Gasteiger partial charge is 0.497 e. The lowest BCUT2D eigenvalue weighted by molar-refractivity contribution is -0.216. The van der Waals surface area contributed by atoms with Crippen LogP contribution in [0.3, 0.4) is 0 Å². The van der Waals surface area contributed by atoms with E-state index in [1.165, 1.54) is 0 Å². The van der Waals surface area contributed by atoms with Crippen LogP contribution >= 0.6 is 0 Å². The molecule has 1 aromatic rings. The second-order valence-electron chi connectivity index (χ2n) is 6.29. The fourth-order valence-electron chi connectivity index (χ4n) is 3.03. The minimum absolute atomic E-state index is 0.0962. The number of carbonyl (C=O) groups is 2. The van der Waals surface area contributed by atoms with Crippen LogP contribution in [0.2, 0.25) is 0 Å². The van der Waals surface area contributed by atoms with Gasteiger partial charge in [-0.2, -0.15) is 0 Å². The highest BCUT2D eigenvalue weighted by molar-refractivity contribution is 5.98. The van der Waals surface area contributed by atoms with Crippen LogP contribution in [0.25, 0.3) is 0 Å². The van der Waals surface area contributed by atoms with Crippen LogP contribution in [0.5, 0.6) is 11.5 Å². The summed E-state index contributed by atoms with van der Waals surface area (Å²) in [5.74, 6) is 0.412. The van der Waals surface area contributed by atoms with Gasteiger partial charge in [0.25, 0.3) is 5.91 Å². The Balaban J connectivity index is 2.07. The van der Waals surface area contributed by atoms with Gasteiger partial charge in [0.05, 0.1) is 14.2 Å². The van der Waals surface area contributed by atoms with Gasteiger partial charge in [-0.15, -0.1) is 0 Å². The summed E-state index contributed by atoms with van der Waals surface area (Å²) in [5.41, 5.74) is -0.260. The van der Waals surface area contributed by atoms with Crippen molar-refractivity contribution in [2.75, 3.05) is 14.2 Å². The minimum atomic E-state index is -1.10. The molecule has 1 saturated heterocycles. The smallest absolute Gasteiger partial charge is 0.314 e. The van der Waals surface area contributed by atoms with E-state index in [-0.39, 0.29) is 17.8 Å². The van der Waals surface area contributed by atoms with Gasteiger partial charge in [-0.1, -0.05) is 20.3 Å². The normalized spacial score (nSPS) is 23.7. The van der Waals surface area contributed by atoms with Gasteiger partial charge < -0.3 is 19.5 Å². The van der Waals surface area contributed by atoms with Gasteiger partial charge in [0.1, 0.15) is 17.4 Å². The van der Waals surface area contributed by atoms with Crippen molar-refractivity contribution in [2.45, 2.75) is 39.3 Å². The predicted molar refractivity (Wildman–Crippen MR) is 88.8 cm³/mol. The van der Waals surface area contributed by atoms with Crippen LogP contribution < -0.4 is 14.8 Å². The predicted octanol–water partition coefficient (Wildman–Crippen LogP) is 2.30. The zero-order valence-corrected chi connectivity index (χ0v) is 14.8. The maximum Gasteiger partial charge on any atom is 0.314 e. The maximum absolute atomic E-state index is 12.6. The summed E-state index contributed by atoms with van der Waals surface area (Å²) < 4.78 is 15.6. The zero-order chi connectivity index (χ0) is 17.9. The number of nitrogens with one attached hydrogen (secondary N) is 1. The van der Waals surface area contributed by atoms with E-state index in [9.17, 15) is 9.59 Å². The Morgan fingerprint density at radius 2 is 1.88 bits per heavy atom. The standard InChI is InChI=1S/C18H25NO5/c1-6-11(2)15-16(20)24-18(15,3)17(21)19-10-12-7-13(22-4)9-14(8-12)23-5/h7-9,11,15H,6,10H2,1-5H3,(H,19,21)/t11-,15+,18-/m0/s1. The molecule has 0 saturated carbocycles. The quantitative estimate of drug-likeness (QED) is 0.774. The number of cyclic esters (lactones) is 1. The van der Waals surface area contributed by atoms with Gasteiger partial charge in [0.2, 0.25) is 5.60 Å². The van der Waals surface area contributed by atoms with Crippen molar-refractivity contribution >= 4 is 11.9 Å². The van der Waals surface area contributed by atoms with Crippen molar-refractivity contribution in [3.8, 4) is 11.5 Å². The highest BCUT2D eigenvalue weighted by atomic mass is 16.6. The molecule has 6 nitrogen and oxygen atoms in total. The van der Waals surface area contributed by atoms with Crippen molar-refractivity contribution in [3.63, 3.8) is 0 Å². The second kappa shape index (κ2) is 7.11. The molecule has 1 aliphatic heterocycles. The van der Waals surface area contributed by atoms with Crippen LogP contribution in [0.15, 0.2) is 18.2 Å². The van der Waals surface area contributed by atoms with Crippen LogP contribution in [-0.2, 0) is 20.9 Å². The van der Waals surface area contributed by atoms with E-state index in [2.05, 4.69) is 5.32 Å². The van der Waals surface area contributed by atoms with Gasteiger partial charge >= 0.3 is 5.97 Å².